The Kier molecular flexibility index (Phi) is 2.73. The molecule has 1 heterocycles. The van der Waals surface area contributed by atoms with E-state index in [2.05, 4.69) is 5.32 Å². The molecule has 3 atom stereocenters. The summed E-state index contributed by atoms with van der Waals surface area (Å²) in [6.45, 7) is 0.895. The van der Waals surface area contributed by atoms with Crippen LogP contribution in [-0.2, 0) is 0 Å². The molecule has 4 heteroatoms. The van der Waals surface area contributed by atoms with Gasteiger partial charge >= 0.3 is 6.18 Å². The SMILES string of the molecule is FC(F)(F)C1CCC2CCCNC2C1. The largest absolute Gasteiger partial charge is 0.391 e. The lowest BCUT2D eigenvalue weighted by Gasteiger charge is -2.40. The van der Waals surface area contributed by atoms with E-state index in [0.717, 1.165) is 25.8 Å². The molecule has 0 aromatic carbocycles. The van der Waals surface area contributed by atoms with Gasteiger partial charge in [0.05, 0.1) is 5.92 Å². The van der Waals surface area contributed by atoms with Crippen LogP contribution >= 0.6 is 0 Å². The minimum Gasteiger partial charge on any atom is -0.314 e. The molecular formula is C10H16F3N. The molecule has 14 heavy (non-hydrogen) atoms. The van der Waals surface area contributed by atoms with Crippen LogP contribution in [0.25, 0.3) is 0 Å². The predicted molar refractivity (Wildman–Crippen MR) is 47.9 cm³/mol. The first kappa shape index (κ1) is 10.3. The van der Waals surface area contributed by atoms with Crippen molar-refractivity contribution in [1.82, 2.24) is 5.32 Å². The van der Waals surface area contributed by atoms with E-state index in [4.69, 9.17) is 0 Å². The van der Waals surface area contributed by atoms with Crippen LogP contribution in [0.15, 0.2) is 0 Å². The van der Waals surface area contributed by atoms with Gasteiger partial charge in [-0.25, -0.2) is 0 Å². The molecule has 1 aliphatic heterocycles. The van der Waals surface area contributed by atoms with E-state index in [1.54, 1.807) is 0 Å². The van der Waals surface area contributed by atoms with Crippen LogP contribution < -0.4 is 5.32 Å². The van der Waals surface area contributed by atoms with Gasteiger partial charge in [-0.2, -0.15) is 13.2 Å². The van der Waals surface area contributed by atoms with Gasteiger partial charge in [0.1, 0.15) is 0 Å². The fourth-order valence-electron chi connectivity index (χ4n) is 2.78. The Morgan fingerprint density at radius 2 is 1.86 bits per heavy atom. The average Bonchev–Trinajstić information content (AvgIpc) is 2.16. The quantitative estimate of drug-likeness (QED) is 0.644. The van der Waals surface area contributed by atoms with E-state index < -0.39 is 12.1 Å². The van der Waals surface area contributed by atoms with E-state index in [0.29, 0.717) is 18.8 Å². The maximum Gasteiger partial charge on any atom is 0.391 e. The topological polar surface area (TPSA) is 12.0 Å². The molecule has 1 nitrogen and oxygen atoms in total. The molecule has 2 aliphatic rings. The second kappa shape index (κ2) is 3.72. The summed E-state index contributed by atoms with van der Waals surface area (Å²) in [5.74, 6) is -0.559. The van der Waals surface area contributed by atoms with Crippen LogP contribution in [0.5, 0.6) is 0 Å². The molecule has 0 radical (unpaired) electrons. The number of nitrogens with one attached hydrogen (secondary N) is 1. The monoisotopic (exact) mass is 207 g/mol. The number of fused-ring (bicyclic) bond motifs is 1. The Morgan fingerprint density at radius 1 is 1.07 bits per heavy atom. The molecule has 0 aromatic rings. The molecule has 1 N–H and O–H groups in total. The second-order valence-corrected chi connectivity index (χ2v) is 4.51. The minimum atomic E-state index is -3.98. The third kappa shape index (κ3) is 2.05. The number of rotatable bonds is 0. The summed E-state index contributed by atoms with van der Waals surface area (Å²) >= 11 is 0. The number of alkyl halides is 3. The van der Waals surface area contributed by atoms with Gasteiger partial charge in [-0.05, 0) is 44.6 Å². The van der Waals surface area contributed by atoms with Gasteiger partial charge in [-0.1, -0.05) is 0 Å². The van der Waals surface area contributed by atoms with Crippen LogP contribution in [0.2, 0.25) is 0 Å². The molecule has 0 aromatic heterocycles. The maximum absolute atomic E-state index is 12.5. The number of halogens is 3. The molecule has 82 valence electrons. The van der Waals surface area contributed by atoms with Crippen molar-refractivity contribution in [3.8, 4) is 0 Å². The van der Waals surface area contributed by atoms with Crippen molar-refractivity contribution < 1.29 is 13.2 Å². The minimum absolute atomic E-state index is 0.129. The highest BCUT2D eigenvalue weighted by Gasteiger charge is 2.45. The third-order valence-electron chi connectivity index (χ3n) is 3.61. The van der Waals surface area contributed by atoms with Crippen LogP contribution in [0.3, 0.4) is 0 Å². The highest BCUT2D eigenvalue weighted by Crippen LogP contribution is 2.41. The van der Waals surface area contributed by atoms with E-state index in [1.165, 1.54) is 0 Å². The van der Waals surface area contributed by atoms with Crippen LogP contribution in [0.4, 0.5) is 13.2 Å². The Hall–Kier alpha value is -0.250. The Balaban J connectivity index is 1.96. The van der Waals surface area contributed by atoms with Crippen molar-refractivity contribution >= 4 is 0 Å². The number of piperidine rings is 1. The van der Waals surface area contributed by atoms with Crippen LogP contribution in [-0.4, -0.2) is 18.8 Å². The standard InChI is InChI=1S/C10H16F3N/c11-10(12,13)8-4-3-7-2-1-5-14-9(7)6-8/h7-9,14H,1-6H2. The lowest BCUT2D eigenvalue weighted by atomic mass is 9.74. The number of hydrogen-bond donors (Lipinski definition) is 1. The predicted octanol–water partition coefficient (Wildman–Crippen LogP) is 2.72. The molecule has 1 aliphatic carbocycles. The third-order valence-corrected chi connectivity index (χ3v) is 3.61. The zero-order valence-electron chi connectivity index (χ0n) is 8.11. The van der Waals surface area contributed by atoms with E-state index >= 15 is 0 Å². The van der Waals surface area contributed by atoms with Crippen molar-refractivity contribution in [3.05, 3.63) is 0 Å². The normalized spacial score (nSPS) is 39.2. The summed E-state index contributed by atoms with van der Waals surface area (Å²) in [6, 6.07) is 0.129. The fourth-order valence-corrected chi connectivity index (χ4v) is 2.78. The first-order valence-corrected chi connectivity index (χ1v) is 5.37. The van der Waals surface area contributed by atoms with E-state index in [9.17, 15) is 13.2 Å². The molecule has 1 saturated heterocycles. The fraction of sp³-hybridized carbons (Fsp3) is 1.00. The molecule has 0 amide bonds. The average molecular weight is 207 g/mol. The van der Waals surface area contributed by atoms with E-state index in [1.807, 2.05) is 0 Å². The zero-order valence-corrected chi connectivity index (χ0v) is 8.11. The van der Waals surface area contributed by atoms with Gasteiger partial charge in [0, 0.05) is 6.04 Å². The van der Waals surface area contributed by atoms with Gasteiger partial charge in [-0.3, -0.25) is 0 Å². The van der Waals surface area contributed by atoms with Crippen molar-refractivity contribution in [2.45, 2.75) is 44.3 Å². The van der Waals surface area contributed by atoms with Gasteiger partial charge in [0.15, 0.2) is 0 Å². The lowest BCUT2D eigenvalue weighted by molar-refractivity contribution is -0.187. The Morgan fingerprint density at radius 3 is 2.57 bits per heavy atom. The van der Waals surface area contributed by atoms with Crippen molar-refractivity contribution in [2.24, 2.45) is 11.8 Å². The molecule has 0 spiro atoms. The molecule has 3 unspecified atom stereocenters. The Labute approximate surface area is 82.1 Å². The van der Waals surface area contributed by atoms with Gasteiger partial charge in [0.2, 0.25) is 0 Å². The van der Waals surface area contributed by atoms with Crippen molar-refractivity contribution in [3.63, 3.8) is 0 Å². The van der Waals surface area contributed by atoms with Crippen molar-refractivity contribution in [2.75, 3.05) is 6.54 Å². The molecular weight excluding hydrogens is 191 g/mol. The summed E-state index contributed by atoms with van der Waals surface area (Å²) in [7, 11) is 0. The number of hydrogen-bond acceptors (Lipinski definition) is 1. The summed E-state index contributed by atoms with van der Waals surface area (Å²) in [5, 5.41) is 3.22. The lowest BCUT2D eigenvalue weighted by Crippen LogP contribution is -2.47. The van der Waals surface area contributed by atoms with Crippen molar-refractivity contribution in [1.29, 1.82) is 0 Å². The highest BCUT2D eigenvalue weighted by molar-refractivity contribution is 4.89. The zero-order chi connectivity index (χ0) is 10.2. The first-order valence-electron chi connectivity index (χ1n) is 5.37. The van der Waals surface area contributed by atoms with Gasteiger partial charge in [0.25, 0.3) is 0 Å². The summed E-state index contributed by atoms with van der Waals surface area (Å²) in [4.78, 5) is 0. The highest BCUT2D eigenvalue weighted by atomic mass is 19.4. The molecule has 2 fully saturated rings. The summed E-state index contributed by atoms with van der Waals surface area (Å²) < 4.78 is 37.4. The molecule has 0 bridgehead atoms. The molecule has 1 saturated carbocycles. The smallest absolute Gasteiger partial charge is 0.314 e. The first-order chi connectivity index (χ1) is 6.57. The van der Waals surface area contributed by atoms with E-state index in [-0.39, 0.29) is 6.04 Å². The Bertz CT molecular complexity index is 202. The summed E-state index contributed by atoms with van der Waals surface area (Å²) in [6.07, 6.45) is -0.355. The second-order valence-electron chi connectivity index (χ2n) is 4.51. The van der Waals surface area contributed by atoms with Gasteiger partial charge in [-0.15, -0.1) is 0 Å². The van der Waals surface area contributed by atoms with Crippen LogP contribution in [0, 0.1) is 11.8 Å². The summed E-state index contributed by atoms with van der Waals surface area (Å²) in [5.41, 5.74) is 0. The van der Waals surface area contributed by atoms with Gasteiger partial charge < -0.3 is 5.32 Å². The molecule has 2 rings (SSSR count). The maximum atomic E-state index is 12.5. The van der Waals surface area contributed by atoms with Crippen LogP contribution in [0.1, 0.15) is 32.1 Å².